The number of nitrogens with zero attached hydrogens (tertiary/aromatic N) is 1. The van der Waals surface area contributed by atoms with E-state index in [0.717, 1.165) is 10.8 Å². The zero-order valence-electron chi connectivity index (χ0n) is 10.9. The molecule has 1 saturated heterocycles. The Kier molecular flexibility index (Phi) is 3.60. The van der Waals surface area contributed by atoms with Crippen LogP contribution in [0.5, 0.6) is 5.75 Å². The number of fused-ring (bicyclic) bond motifs is 1. The smallest absolute Gasteiger partial charge is 0.379 e. The molecule has 1 heterocycles. The zero-order valence-corrected chi connectivity index (χ0v) is 11.7. The van der Waals surface area contributed by atoms with Crippen molar-refractivity contribution in [3.05, 3.63) is 42.5 Å². The Labute approximate surface area is 118 Å². The second-order valence-corrected chi connectivity index (χ2v) is 6.10. The van der Waals surface area contributed by atoms with Crippen LogP contribution < -0.4 is 4.18 Å². The molecule has 1 aliphatic heterocycles. The Balaban J connectivity index is 1.84. The third kappa shape index (κ3) is 2.77. The highest BCUT2D eigenvalue weighted by Crippen LogP contribution is 2.22. The fourth-order valence-electron chi connectivity index (χ4n) is 2.16. The lowest BCUT2D eigenvalue weighted by Crippen LogP contribution is -2.42. The second kappa shape index (κ2) is 5.40. The number of rotatable bonds is 3. The van der Waals surface area contributed by atoms with Gasteiger partial charge < -0.3 is 8.92 Å². The van der Waals surface area contributed by atoms with E-state index in [-0.39, 0.29) is 0 Å². The van der Waals surface area contributed by atoms with Crippen molar-refractivity contribution in [3.8, 4) is 5.75 Å². The van der Waals surface area contributed by atoms with Crippen LogP contribution in [0, 0.1) is 0 Å². The van der Waals surface area contributed by atoms with Crippen LogP contribution in [-0.2, 0) is 15.0 Å². The minimum atomic E-state index is -3.75. The van der Waals surface area contributed by atoms with Crippen LogP contribution >= 0.6 is 0 Å². The molecule has 0 saturated carbocycles. The first-order valence-electron chi connectivity index (χ1n) is 6.41. The summed E-state index contributed by atoms with van der Waals surface area (Å²) in [6.45, 7) is 1.46. The fourth-order valence-corrected chi connectivity index (χ4v) is 3.21. The SMILES string of the molecule is O=S(=O)(Oc1ccc2ccccc2c1)N1CCOCC1. The summed E-state index contributed by atoms with van der Waals surface area (Å²) in [5.41, 5.74) is 0. The molecule has 0 aliphatic carbocycles. The van der Waals surface area contributed by atoms with E-state index in [2.05, 4.69) is 0 Å². The minimum absolute atomic E-state index is 0.329. The van der Waals surface area contributed by atoms with Crippen LogP contribution in [0.15, 0.2) is 42.5 Å². The van der Waals surface area contributed by atoms with Gasteiger partial charge in [0, 0.05) is 13.1 Å². The van der Waals surface area contributed by atoms with Crippen LogP contribution in [-0.4, -0.2) is 39.0 Å². The lowest BCUT2D eigenvalue weighted by molar-refractivity contribution is 0.0698. The average Bonchev–Trinajstić information content (AvgIpc) is 2.48. The van der Waals surface area contributed by atoms with Crippen molar-refractivity contribution in [1.82, 2.24) is 4.31 Å². The number of benzene rings is 2. The van der Waals surface area contributed by atoms with E-state index in [9.17, 15) is 8.42 Å². The highest BCUT2D eigenvalue weighted by Gasteiger charge is 2.26. The number of hydrogen-bond acceptors (Lipinski definition) is 4. The van der Waals surface area contributed by atoms with Crippen molar-refractivity contribution in [2.45, 2.75) is 0 Å². The van der Waals surface area contributed by atoms with E-state index in [1.165, 1.54) is 4.31 Å². The molecule has 2 aromatic carbocycles. The summed E-state index contributed by atoms with van der Waals surface area (Å²) in [7, 11) is -3.75. The summed E-state index contributed by atoms with van der Waals surface area (Å²) >= 11 is 0. The van der Waals surface area contributed by atoms with Crippen molar-refractivity contribution in [1.29, 1.82) is 0 Å². The number of ether oxygens (including phenoxy) is 1. The quantitative estimate of drug-likeness (QED) is 0.866. The molecule has 0 atom stereocenters. The predicted molar refractivity (Wildman–Crippen MR) is 75.9 cm³/mol. The summed E-state index contributed by atoms with van der Waals surface area (Å²) < 4.78 is 35.9. The van der Waals surface area contributed by atoms with E-state index < -0.39 is 10.3 Å². The number of morpholine rings is 1. The Morgan fingerprint density at radius 2 is 1.70 bits per heavy atom. The molecule has 20 heavy (non-hydrogen) atoms. The van der Waals surface area contributed by atoms with E-state index >= 15 is 0 Å². The fraction of sp³-hybridized carbons (Fsp3) is 0.286. The van der Waals surface area contributed by atoms with Gasteiger partial charge >= 0.3 is 10.3 Å². The van der Waals surface area contributed by atoms with Gasteiger partial charge in [-0.3, -0.25) is 0 Å². The van der Waals surface area contributed by atoms with Gasteiger partial charge in [-0.05, 0) is 22.9 Å². The van der Waals surface area contributed by atoms with Gasteiger partial charge in [0.25, 0.3) is 0 Å². The van der Waals surface area contributed by atoms with Crippen molar-refractivity contribution < 1.29 is 17.3 Å². The van der Waals surface area contributed by atoms with Crippen molar-refractivity contribution in [3.63, 3.8) is 0 Å². The van der Waals surface area contributed by atoms with Gasteiger partial charge in [-0.2, -0.15) is 12.7 Å². The highest BCUT2D eigenvalue weighted by atomic mass is 32.2. The van der Waals surface area contributed by atoms with Crippen molar-refractivity contribution in [2.24, 2.45) is 0 Å². The molecule has 0 N–H and O–H groups in total. The molecule has 1 fully saturated rings. The molecule has 0 unspecified atom stereocenters. The van der Waals surface area contributed by atoms with E-state index in [1.807, 2.05) is 30.3 Å². The van der Waals surface area contributed by atoms with Crippen LogP contribution in [0.2, 0.25) is 0 Å². The maximum Gasteiger partial charge on any atom is 0.385 e. The molecular formula is C14H15NO4S. The maximum absolute atomic E-state index is 12.1. The molecule has 3 rings (SSSR count). The maximum atomic E-state index is 12.1. The van der Waals surface area contributed by atoms with Crippen LogP contribution in [0.1, 0.15) is 0 Å². The monoisotopic (exact) mass is 293 g/mol. The van der Waals surface area contributed by atoms with Gasteiger partial charge in [0.2, 0.25) is 0 Å². The van der Waals surface area contributed by atoms with Gasteiger partial charge in [-0.25, -0.2) is 0 Å². The summed E-state index contributed by atoms with van der Waals surface area (Å²) in [5.74, 6) is 0.329. The predicted octanol–water partition coefficient (Wildman–Crippen LogP) is 1.80. The second-order valence-electron chi connectivity index (χ2n) is 4.56. The summed E-state index contributed by atoms with van der Waals surface area (Å²) in [5, 5.41) is 1.99. The molecule has 0 radical (unpaired) electrons. The van der Waals surface area contributed by atoms with E-state index in [1.54, 1.807) is 12.1 Å². The van der Waals surface area contributed by atoms with Gasteiger partial charge in [-0.15, -0.1) is 0 Å². The molecule has 1 aliphatic rings. The summed E-state index contributed by atoms with van der Waals surface area (Å²) in [4.78, 5) is 0. The lowest BCUT2D eigenvalue weighted by atomic mass is 10.1. The molecular weight excluding hydrogens is 278 g/mol. The van der Waals surface area contributed by atoms with Gasteiger partial charge in [0.1, 0.15) is 5.75 Å². The van der Waals surface area contributed by atoms with Crippen LogP contribution in [0.4, 0.5) is 0 Å². The first-order valence-corrected chi connectivity index (χ1v) is 7.78. The molecule has 2 aromatic rings. The van der Waals surface area contributed by atoms with E-state index in [4.69, 9.17) is 8.92 Å². The third-order valence-corrected chi connectivity index (χ3v) is 4.61. The molecule has 0 amide bonds. The molecule has 106 valence electrons. The lowest BCUT2D eigenvalue weighted by Gasteiger charge is -2.25. The van der Waals surface area contributed by atoms with E-state index in [0.29, 0.717) is 32.1 Å². The Morgan fingerprint density at radius 3 is 2.45 bits per heavy atom. The normalized spacial score (nSPS) is 17.2. The van der Waals surface area contributed by atoms with Crippen LogP contribution in [0.25, 0.3) is 10.8 Å². The topological polar surface area (TPSA) is 55.8 Å². The summed E-state index contributed by atoms with van der Waals surface area (Å²) in [6.07, 6.45) is 0. The van der Waals surface area contributed by atoms with Gasteiger partial charge in [0.05, 0.1) is 13.2 Å². The van der Waals surface area contributed by atoms with Gasteiger partial charge in [-0.1, -0.05) is 30.3 Å². The van der Waals surface area contributed by atoms with Crippen molar-refractivity contribution in [2.75, 3.05) is 26.3 Å². The molecule has 0 spiro atoms. The number of hydrogen-bond donors (Lipinski definition) is 0. The zero-order chi connectivity index (χ0) is 14.0. The molecule has 0 bridgehead atoms. The summed E-state index contributed by atoms with van der Waals surface area (Å²) in [6, 6.07) is 13.0. The first-order chi connectivity index (χ1) is 9.65. The van der Waals surface area contributed by atoms with Crippen LogP contribution in [0.3, 0.4) is 0 Å². The molecule has 5 nitrogen and oxygen atoms in total. The Hall–Kier alpha value is -1.63. The molecule has 0 aromatic heterocycles. The first kappa shape index (κ1) is 13.4. The average molecular weight is 293 g/mol. The molecule has 6 heteroatoms. The standard InChI is InChI=1S/C14H15NO4S/c16-20(17,15-7-9-18-10-8-15)19-14-6-5-12-3-1-2-4-13(12)11-14/h1-6,11H,7-10H2. The third-order valence-electron chi connectivity index (χ3n) is 3.21. The minimum Gasteiger partial charge on any atom is -0.379 e. The van der Waals surface area contributed by atoms with Gasteiger partial charge in [0.15, 0.2) is 0 Å². The largest absolute Gasteiger partial charge is 0.385 e. The van der Waals surface area contributed by atoms with Crippen molar-refractivity contribution >= 4 is 21.1 Å². The highest BCUT2D eigenvalue weighted by molar-refractivity contribution is 7.84. The Bertz CT molecular complexity index is 708. The Morgan fingerprint density at radius 1 is 1.00 bits per heavy atom.